The molecule has 0 saturated carbocycles. The summed E-state index contributed by atoms with van der Waals surface area (Å²) < 4.78 is 5.66. The molecular weight excluding hydrogens is 290 g/mol. The van der Waals surface area contributed by atoms with Crippen LogP contribution in [0.5, 0.6) is 5.75 Å². The Morgan fingerprint density at radius 1 is 1.29 bits per heavy atom. The van der Waals surface area contributed by atoms with Crippen molar-refractivity contribution in [3.8, 4) is 5.75 Å². The molecule has 2 rings (SSSR count). The van der Waals surface area contributed by atoms with Gasteiger partial charge >= 0.3 is 0 Å². The summed E-state index contributed by atoms with van der Waals surface area (Å²) in [6, 6.07) is 14.9. The Labute approximate surface area is 128 Å². The van der Waals surface area contributed by atoms with Crippen LogP contribution in [-0.2, 0) is 11.4 Å². The van der Waals surface area contributed by atoms with E-state index >= 15 is 0 Å². The SMILES string of the molecule is CC(C(=O)NO)c1ccc(OCc2ccccc2)c(Cl)c1. The van der Waals surface area contributed by atoms with Crippen molar-refractivity contribution in [2.24, 2.45) is 0 Å². The molecule has 110 valence electrons. The van der Waals surface area contributed by atoms with Crippen LogP contribution in [-0.4, -0.2) is 11.1 Å². The maximum absolute atomic E-state index is 11.4. The van der Waals surface area contributed by atoms with Gasteiger partial charge in [0.05, 0.1) is 10.9 Å². The largest absolute Gasteiger partial charge is 0.487 e. The highest BCUT2D eigenvalue weighted by molar-refractivity contribution is 6.32. The molecule has 0 radical (unpaired) electrons. The van der Waals surface area contributed by atoms with Crippen molar-refractivity contribution >= 4 is 17.5 Å². The molecule has 1 unspecified atom stereocenters. The Morgan fingerprint density at radius 3 is 2.62 bits per heavy atom. The molecule has 0 aliphatic rings. The fraction of sp³-hybridized carbons (Fsp3) is 0.188. The van der Waals surface area contributed by atoms with Crippen LogP contribution >= 0.6 is 11.6 Å². The van der Waals surface area contributed by atoms with Gasteiger partial charge in [-0.3, -0.25) is 10.0 Å². The summed E-state index contributed by atoms with van der Waals surface area (Å²) in [6.45, 7) is 2.11. The van der Waals surface area contributed by atoms with E-state index in [9.17, 15) is 4.79 Å². The molecule has 5 heteroatoms. The summed E-state index contributed by atoms with van der Waals surface area (Å²) in [7, 11) is 0. The number of carbonyl (C=O) groups is 1. The van der Waals surface area contributed by atoms with Crippen molar-refractivity contribution in [1.29, 1.82) is 0 Å². The predicted octanol–water partition coefficient (Wildman–Crippen LogP) is 3.53. The highest BCUT2D eigenvalue weighted by Crippen LogP contribution is 2.29. The van der Waals surface area contributed by atoms with Crippen LogP contribution in [0.4, 0.5) is 0 Å². The van der Waals surface area contributed by atoms with Gasteiger partial charge in [0.1, 0.15) is 12.4 Å². The molecule has 0 aromatic heterocycles. The number of ether oxygens (including phenoxy) is 1. The lowest BCUT2D eigenvalue weighted by Crippen LogP contribution is -2.24. The minimum atomic E-state index is -0.490. The summed E-state index contributed by atoms with van der Waals surface area (Å²) in [4.78, 5) is 11.4. The second kappa shape index (κ2) is 7.11. The zero-order valence-electron chi connectivity index (χ0n) is 11.5. The Balaban J connectivity index is 2.07. The second-order valence-electron chi connectivity index (χ2n) is 4.66. The molecule has 0 bridgehead atoms. The minimum absolute atomic E-state index is 0.423. The molecule has 0 aliphatic heterocycles. The van der Waals surface area contributed by atoms with E-state index in [1.54, 1.807) is 30.6 Å². The van der Waals surface area contributed by atoms with Crippen LogP contribution in [0.1, 0.15) is 24.0 Å². The molecule has 2 aromatic carbocycles. The van der Waals surface area contributed by atoms with E-state index in [2.05, 4.69) is 0 Å². The highest BCUT2D eigenvalue weighted by Gasteiger charge is 2.16. The number of hydrogen-bond donors (Lipinski definition) is 2. The molecule has 1 atom stereocenters. The van der Waals surface area contributed by atoms with E-state index in [-0.39, 0.29) is 0 Å². The van der Waals surface area contributed by atoms with Crippen molar-refractivity contribution in [2.45, 2.75) is 19.4 Å². The van der Waals surface area contributed by atoms with Crippen LogP contribution in [0.2, 0.25) is 5.02 Å². The minimum Gasteiger partial charge on any atom is -0.487 e. The molecule has 0 fully saturated rings. The molecule has 0 heterocycles. The number of nitrogens with one attached hydrogen (secondary N) is 1. The van der Waals surface area contributed by atoms with Gasteiger partial charge in [0.15, 0.2) is 0 Å². The van der Waals surface area contributed by atoms with Crippen molar-refractivity contribution in [3.63, 3.8) is 0 Å². The smallest absolute Gasteiger partial charge is 0.250 e. The number of amides is 1. The first-order valence-electron chi connectivity index (χ1n) is 6.52. The highest BCUT2D eigenvalue weighted by atomic mass is 35.5. The van der Waals surface area contributed by atoms with Crippen LogP contribution in [0.25, 0.3) is 0 Å². The van der Waals surface area contributed by atoms with Gasteiger partial charge in [-0.2, -0.15) is 0 Å². The van der Waals surface area contributed by atoms with Gasteiger partial charge in [-0.15, -0.1) is 0 Å². The second-order valence-corrected chi connectivity index (χ2v) is 5.07. The first kappa shape index (κ1) is 15.4. The van der Waals surface area contributed by atoms with E-state index < -0.39 is 11.8 Å². The van der Waals surface area contributed by atoms with Crippen LogP contribution in [0, 0.1) is 0 Å². The van der Waals surface area contributed by atoms with Gasteiger partial charge in [-0.25, -0.2) is 5.48 Å². The van der Waals surface area contributed by atoms with E-state index in [0.29, 0.717) is 22.9 Å². The Kier molecular flexibility index (Phi) is 5.20. The van der Waals surface area contributed by atoms with Crippen LogP contribution < -0.4 is 10.2 Å². The average Bonchev–Trinajstić information content (AvgIpc) is 2.53. The molecule has 1 amide bonds. The molecular formula is C16H16ClNO3. The van der Waals surface area contributed by atoms with Crippen molar-refractivity contribution in [3.05, 3.63) is 64.7 Å². The molecule has 0 aliphatic carbocycles. The van der Waals surface area contributed by atoms with Gasteiger partial charge in [0.25, 0.3) is 5.91 Å². The van der Waals surface area contributed by atoms with Gasteiger partial charge in [-0.1, -0.05) is 48.0 Å². The first-order valence-corrected chi connectivity index (χ1v) is 6.89. The maximum Gasteiger partial charge on any atom is 0.250 e. The fourth-order valence-corrected chi connectivity index (χ4v) is 2.13. The monoisotopic (exact) mass is 305 g/mol. The molecule has 2 aromatic rings. The number of carbonyl (C=O) groups excluding carboxylic acids is 1. The van der Waals surface area contributed by atoms with Gasteiger partial charge in [0, 0.05) is 0 Å². The Bertz CT molecular complexity index is 616. The van der Waals surface area contributed by atoms with E-state index in [1.165, 1.54) is 0 Å². The Morgan fingerprint density at radius 2 is 2.00 bits per heavy atom. The third-order valence-electron chi connectivity index (χ3n) is 3.20. The van der Waals surface area contributed by atoms with Crippen LogP contribution in [0.3, 0.4) is 0 Å². The maximum atomic E-state index is 11.4. The predicted molar refractivity (Wildman–Crippen MR) is 80.6 cm³/mol. The zero-order valence-corrected chi connectivity index (χ0v) is 12.3. The first-order chi connectivity index (χ1) is 10.1. The number of rotatable bonds is 5. The van der Waals surface area contributed by atoms with E-state index in [0.717, 1.165) is 5.56 Å². The Hall–Kier alpha value is -2.04. The van der Waals surface area contributed by atoms with Gasteiger partial charge in [-0.05, 0) is 30.2 Å². The van der Waals surface area contributed by atoms with Crippen molar-refractivity contribution in [1.82, 2.24) is 5.48 Å². The number of benzene rings is 2. The quantitative estimate of drug-likeness (QED) is 0.656. The topological polar surface area (TPSA) is 58.6 Å². The molecule has 0 spiro atoms. The normalized spacial score (nSPS) is 11.8. The van der Waals surface area contributed by atoms with E-state index in [4.69, 9.17) is 21.5 Å². The summed E-state index contributed by atoms with van der Waals surface area (Å²) in [5.41, 5.74) is 3.38. The number of hydrogen-bond acceptors (Lipinski definition) is 3. The number of hydroxylamine groups is 1. The van der Waals surface area contributed by atoms with E-state index in [1.807, 2.05) is 30.3 Å². The fourth-order valence-electron chi connectivity index (χ4n) is 1.89. The summed E-state index contributed by atoms with van der Waals surface area (Å²) in [5.74, 6) is -0.416. The standard InChI is InChI=1S/C16H16ClNO3/c1-11(16(19)18-20)13-7-8-15(14(17)9-13)21-10-12-5-3-2-4-6-12/h2-9,11,20H,10H2,1H3,(H,18,19). The van der Waals surface area contributed by atoms with Gasteiger partial charge in [0.2, 0.25) is 0 Å². The summed E-state index contributed by atoms with van der Waals surface area (Å²) in [5, 5.41) is 9.07. The molecule has 0 saturated heterocycles. The summed E-state index contributed by atoms with van der Waals surface area (Å²) >= 11 is 6.17. The van der Waals surface area contributed by atoms with Crippen molar-refractivity contribution < 1.29 is 14.7 Å². The third-order valence-corrected chi connectivity index (χ3v) is 3.49. The molecule has 21 heavy (non-hydrogen) atoms. The van der Waals surface area contributed by atoms with Crippen LogP contribution in [0.15, 0.2) is 48.5 Å². The average molecular weight is 306 g/mol. The molecule has 2 N–H and O–H groups in total. The van der Waals surface area contributed by atoms with Crippen molar-refractivity contribution in [2.75, 3.05) is 0 Å². The lowest BCUT2D eigenvalue weighted by molar-refractivity contribution is -0.130. The lowest BCUT2D eigenvalue weighted by Gasteiger charge is -2.13. The zero-order chi connectivity index (χ0) is 15.2. The molecule has 4 nitrogen and oxygen atoms in total. The summed E-state index contributed by atoms with van der Waals surface area (Å²) in [6.07, 6.45) is 0. The lowest BCUT2D eigenvalue weighted by atomic mass is 10.0. The van der Waals surface area contributed by atoms with Gasteiger partial charge < -0.3 is 4.74 Å². The number of halogens is 1. The third kappa shape index (κ3) is 3.97.